The van der Waals surface area contributed by atoms with Crippen LogP contribution < -0.4 is 5.32 Å². The Bertz CT molecular complexity index is 906. The van der Waals surface area contributed by atoms with Crippen LogP contribution in [0.2, 0.25) is 0 Å². The van der Waals surface area contributed by atoms with Crippen molar-refractivity contribution in [2.45, 2.75) is 24.2 Å². The predicted octanol–water partition coefficient (Wildman–Crippen LogP) is 1.89. The Morgan fingerprint density at radius 3 is 2.60 bits per heavy atom. The van der Waals surface area contributed by atoms with Gasteiger partial charge in [0.2, 0.25) is 0 Å². The van der Waals surface area contributed by atoms with Gasteiger partial charge < -0.3 is 14.7 Å². The molecule has 0 spiro atoms. The summed E-state index contributed by atoms with van der Waals surface area (Å²) in [5.41, 5.74) is 0.945. The highest BCUT2D eigenvalue weighted by Gasteiger charge is 2.21. The van der Waals surface area contributed by atoms with Crippen molar-refractivity contribution in [1.82, 2.24) is 24.6 Å². The van der Waals surface area contributed by atoms with E-state index >= 15 is 0 Å². The van der Waals surface area contributed by atoms with Gasteiger partial charge in [0.1, 0.15) is 10.5 Å². The maximum Gasteiger partial charge on any atom is 0.252 e. The minimum atomic E-state index is -3.39. The van der Waals surface area contributed by atoms with E-state index in [2.05, 4.69) is 20.3 Å². The van der Waals surface area contributed by atoms with Crippen molar-refractivity contribution in [2.24, 2.45) is 4.99 Å². The van der Waals surface area contributed by atoms with Gasteiger partial charge in [-0.25, -0.2) is 17.7 Å². The lowest BCUT2D eigenvalue weighted by molar-refractivity contribution is 0.169. The average molecular weight is 569 g/mol. The maximum atomic E-state index is 12.2. The van der Waals surface area contributed by atoms with Gasteiger partial charge >= 0.3 is 0 Å². The number of hydrogen-bond donors (Lipinski definition) is 1. The Hall–Kier alpha value is -1.22. The highest BCUT2D eigenvalue weighted by atomic mass is 127. The number of hydrogen-bond acceptors (Lipinski definition) is 7. The van der Waals surface area contributed by atoms with Crippen molar-refractivity contribution in [3.05, 3.63) is 35.0 Å². The molecule has 3 rings (SSSR count). The molecule has 1 aliphatic heterocycles. The van der Waals surface area contributed by atoms with E-state index in [0.29, 0.717) is 10.8 Å². The summed E-state index contributed by atoms with van der Waals surface area (Å²) in [6.07, 6.45) is 1.60. The molecular formula is C18H29IN6O3S2. The van der Waals surface area contributed by atoms with Crippen molar-refractivity contribution in [3.63, 3.8) is 0 Å². The second kappa shape index (κ2) is 11.4. The molecule has 1 N–H and O–H groups in total. The van der Waals surface area contributed by atoms with E-state index in [4.69, 9.17) is 9.52 Å². The smallest absolute Gasteiger partial charge is 0.252 e. The van der Waals surface area contributed by atoms with Gasteiger partial charge in [0, 0.05) is 64.3 Å². The van der Waals surface area contributed by atoms with Gasteiger partial charge in [0.25, 0.3) is 10.0 Å². The lowest BCUT2D eigenvalue weighted by atomic mass is 10.3. The fourth-order valence-electron chi connectivity index (χ4n) is 3.01. The van der Waals surface area contributed by atoms with Crippen molar-refractivity contribution in [2.75, 3.05) is 46.8 Å². The summed E-state index contributed by atoms with van der Waals surface area (Å²) in [6.45, 7) is 7.64. The summed E-state index contributed by atoms with van der Waals surface area (Å²) in [4.78, 5) is 10.2. The lowest BCUT2D eigenvalue weighted by Crippen LogP contribution is -2.52. The van der Waals surface area contributed by atoms with E-state index in [1.165, 1.54) is 15.6 Å². The van der Waals surface area contributed by atoms with Gasteiger partial charge in [-0.1, -0.05) is 5.16 Å². The van der Waals surface area contributed by atoms with E-state index in [9.17, 15) is 8.42 Å². The molecule has 0 atom stereocenters. The quantitative estimate of drug-likeness (QED) is 0.310. The third-order valence-electron chi connectivity index (χ3n) is 4.64. The first-order valence-corrected chi connectivity index (χ1v) is 11.8. The van der Waals surface area contributed by atoms with Crippen LogP contribution in [-0.2, 0) is 23.1 Å². The Morgan fingerprint density at radius 2 is 2.00 bits per heavy atom. The molecule has 1 fully saturated rings. The van der Waals surface area contributed by atoms with E-state index in [1.54, 1.807) is 26.4 Å². The zero-order valence-corrected chi connectivity index (χ0v) is 21.4. The number of nitrogens with zero attached hydrogens (tertiary/aromatic N) is 5. The standard InChI is InChI=1S/C18H28N6O3S2.HI/c1-4-19-18(20-13-16-5-6-17(28-16)29(25,26)22(2)3)24-10-8-23(9-11-24)14-15-7-12-27-21-15;/h5-7,12H,4,8-11,13-14H2,1-3H3,(H,19,20);1H. The van der Waals surface area contributed by atoms with Gasteiger partial charge in [-0.05, 0) is 19.1 Å². The molecule has 0 saturated carbocycles. The minimum absolute atomic E-state index is 0. The lowest BCUT2D eigenvalue weighted by Gasteiger charge is -2.36. The molecular weight excluding hydrogens is 539 g/mol. The highest BCUT2D eigenvalue weighted by Crippen LogP contribution is 2.24. The Kier molecular flexibility index (Phi) is 9.53. The average Bonchev–Trinajstić information content (AvgIpc) is 3.38. The van der Waals surface area contributed by atoms with E-state index < -0.39 is 10.0 Å². The topological polar surface area (TPSA) is 94.3 Å². The third kappa shape index (κ3) is 6.39. The molecule has 0 aliphatic carbocycles. The molecule has 1 aliphatic rings. The SMILES string of the molecule is CCNC(=NCc1ccc(S(=O)(=O)N(C)C)s1)N1CCN(Cc2ccon2)CC1.I. The summed E-state index contributed by atoms with van der Waals surface area (Å²) in [5, 5.41) is 7.32. The van der Waals surface area contributed by atoms with Crippen LogP contribution in [0.3, 0.4) is 0 Å². The number of aliphatic imine (C=N–C) groups is 1. The van der Waals surface area contributed by atoms with Crippen LogP contribution in [-0.4, -0.2) is 80.5 Å². The van der Waals surface area contributed by atoms with Crippen LogP contribution in [0.25, 0.3) is 0 Å². The van der Waals surface area contributed by atoms with Gasteiger partial charge in [0.15, 0.2) is 5.96 Å². The van der Waals surface area contributed by atoms with E-state index in [-0.39, 0.29) is 24.0 Å². The van der Waals surface area contributed by atoms with Crippen LogP contribution >= 0.6 is 35.3 Å². The number of aromatic nitrogens is 1. The number of thiophene rings is 1. The molecule has 0 bridgehead atoms. The summed E-state index contributed by atoms with van der Waals surface area (Å²) < 4.78 is 31.0. The molecule has 0 unspecified atom stereocenters. The molecule has 12 heteroatoms. The van der Waals surface area contributed by atoms with Gasteiger partial charge in [-0.2, -0.15) is 0 Å². The number of guanidine groups is 1. The Morgan fingerprint density at radius 1 is 1.27 bits per heavy atom. The number of nitrogens with one attached hydrogen (secondary N) is 1. The Balaban J connectivity index is 0.00000320. The summed E-state index contributed by atoms with van der Waals surface area (Å²) in [6, 6.07) is 5.38. The fraction of sp³-hybridized carbons (Fsp3) is 0.556. The molecule has 0 radical (unpaired) electrons. The van der Waals surface area contributed by atoms with Gasteiger partial charge in [0.05, 0.1) is 12.2 Å². The van der Waals surface area contributed by atoms with E-state index in [0.717, 1.165) is 55.8 Å². The normalized spacial score (nSPS) is 16.0. The Labute approximate surface area is 199 Å². The molecule has 0 aromatic carbocycles. The second-order valence-corrected chi connectivity index (χ2v) is 10.5. The summed E-state index contributed by atoms with van der Waals surface area (Å²) in [5.74, 6) is 0.860. The second-order valence-electron chi connectivity index (χ2n) is 6.93. The van der Waals surface area contributed by atoms with Crippen molar-refractivity contribution in [1.29, 1.82) is 0 Å². The number of piperazine rings is 1. The molecule has 9 nitrogen and oxygen atoms in total. The molecule has 0 amide bonds. The molecule has 168 valence electrons. The maximum absolute atomic E-state index is 12.2. The minimum Gasteiger partial charge on any atom is -0.364 e. The molecule has 2 aromatic heterocycles. The van der Waals surface area contributed by atoms with Crippen LogP contribution in [0.4, 0.5) is 0 Å². The third-order valence-corrected chi connectivity index (χ3v) is 7.99. The summed E-state index contributed by atoms with van der Waals surface area (Å²) in [7, 11) is -0.313. The summed E-state index contributed by atoms with van der Waals surface area (Å²) >= 11 is 1.27. The monoisotopic (exact) mass is 568 g/mol. The first kappa shape index (κ1) is 25.0. The van der Waals surface area contributed by atoms with Crippen LogP contribution in [0.1, 0.15) is 17.5 Å². The van der Waals surface area contributed by atoms with Crippen molar-refractivity contribution >= 4 is 51.3 Å². The zero-order valence-electron chi connectivity index (χ0n) is 17.4. The first-order chi connectivity index (χ1) is 13.9. The number of halogens is 1. The molecule has 3 heterocycles. The largest absolute Gasteiger partial charge is 0.364 e. The zero-order chi connectivity index (χ0) is 20.9. The van der Waals surface area contributed by atoms with Crippen LogP contribution in [0.5, 0.6) is 0 Å². The molecule has 1 saturated heterocycles. The number of rotatable bonds is 7. The van der Waals surface area contributed by atoms with Crippen molar-refractivity contribution in [3.8, 4) is 0 Å². The van der Waals surface area contributed by atoms with E-state index in [1.807, 2.05) is 19.1 Å². The van der Waals surface area contributed by atoms with Crippen molar-refractivity contribution < 1.29 is 12.9 Å². The van der Waals surface area contributed by atoms with Gasteiger partial charge in [-0.3, -0.25) is 4.90 Å². The first-order valence-electron chi connectivity index (χ1n) is 9.56. The highest BCUT2D eigenvalue weighted by molar-refractivity contribution is 14.0. The predicted molar refractivity (Wildman–Crippen MR) is 129 cm³/mol. The number of sulfonamides is 1. The van der Waals surface area contributed by atoms with Crippen LogP contribution in [0.15, 0.2) is 38.2 Å². The molecule has 2 aromatic rings. The van der Waals surface area contributed by atoms with Gasteiger partial charge in [-0.15, -0.1) is 35.3 Å². The molecule has 30 heavy (non-hydrogen) atoms. The fourth-order valence-corrected chi connectivity index (χ4v) is 5.46. The van der Waals surface area contributed by atoms with Crippen LogP contribution in [0, 0.1) is 0 Å².